The highest BCUT2D eigenvalue weighted by atomic mass is 16.4. The van der Waals surface area contributed by atoms with Crippen LogP contribution in [0.25, 0.3) is 0 Å². The lowest BCUT2D eigenvalue weighted by molar-refractivity contribution is -0.141. The number of primary amides is 1. The lowest BCUT2D eigenvalue weighted by Gasteiger charge is -2.12. The summed E-state index contributed by atoms with van der Waals surface area (Å²) in [7, 11) is 0. The number of carboxylic acid groups (broad SMARTS) is 1. The first kappa shape index (κ1) is 16.2. The number of amides is 3. The predicted molar refractivity (Wildman–Crippen MR) is 65.9 cm³/mol. The summed E-state index contributed by atoms with van der Waals surface area (Å²) in [6, 6.07) is -0.429. The monoisotopic (exact) mass is 259 g/mol. The van der Waals surface area contributed by atoms with Crippen LogP contribution in [0, 0.1) is 5.92 Å². The molecule has 0 spiro atoms. The van der Waals surface area contributed by atoms with Crippen LogP contribution in [0.5, 0.6) is 0 Å². The third-order valence-electron chi connectivity index (χ3n) is 2.38. The van der Waals surface area contributed by atoms with Gasteiger partial charge in [0.25, 0.3) is 0 Å². The van der Waals surface area contributed by atoms with Crippen molar-refractivity contribution in [2.45, 2.75) is 32.6 Å². The van der Waals surface area contributed by atoms with E-state index < -0.39 is 23.8 Å². The van der Waals surface area contributed by atoms with Gasteiger partial charge in [-0.3, -0.25) is 9.59 Å². The van der Waals surface area contributed by atoms with Gasteiger partial charge >= 0.3 is 12.0 Å². The third-order valence-corrected chi connectivity index (χ3v) is 2.38. The summed E-state index contributed by atoms with van der Waals surface area (Å²) >= 11 is 0. The van der Waals surface area contributed by atoms with E-state index in [2.05, 4.69) is 10.6 Å². The van der Waals surface area contributed by atoms with Crippen LogP contribution in [-0.4, -0.2) is 36.1 Å². The van der Waals surface area contributed by atoms with Gasteiger partial charge in [-0.2, -0.15) is 0 Å². The Morgan fingerprint density at radius 3 is 2.44 bits per heavy atom. The Morgan fingerprint density at radius 1 is 1.28 bits per heavy atom. The van der Waals surface area contributed by atoms with Crippen molar-refractivity contribution < 1.29 is 19.5 Å². The molecular weight excluding hydrogens is 238 g/mol. The van der Waals surface area contributed by atoms with E-state index in [9.17, 15) is 14.4 Å². The molecule has 7 nitrogen and oxygen atoms in total. The molecule has 0 fully saturated rings. The van der Waals surface area contributed by atoms with Crippen molar-refractivity contribution in [1.29, 1.82) is 0 Å². The zero-order chi connectivity index (χ0) is 14.0. The largest absolute Gasteiger partial charge is 0.481 e. The zero-order valence-electron chi connectivity index (χ0n) is 10.6. The molecule has 0 radical (unpaired) electrons. The van der Waals surface area contributed by atoms with E-state index in [1.807, 2.05) is 6.92 Å². The maximum Gasteiger partial charge on any atom is 0.314 e. The lowest BCUT2D eigenvalue weighted by atomic mass is 10.0. The summed E-state index contributed by atoms with van der Waals surface area (Å²) in [6.07, 6.45) is 1.96. The number of rotatable bonds is 9. The molecule has 0 aliphatic rings. The van der Waals surface area contributed by atoms with E-state index in [0.29, 0.717) is 19.4 Å². The highest BCUT2D eigenvalue weighted by molar-refractivity contribution is 5.76. The molecule has 18 heavy (non-hydrogen) atoms. The molecule has 1 atom stereocenters. The minimum Gasteiger partial charge on any atom is -0.481 e. The first-order valence-electron chi connectivity index (χ1n) is 6.00. The van der Waals surface area contributed by atoms with Gasteiger partial charge in [0.15, 0.2) is 0 Å². The molecule has 0 saturated carbocycles. The molecule has 0 saturated heterocycles. The van der Waals surface area contributed by atoms with Gasteiger partial charge in [-0.25, -0.2) is 4.79 Å². The number of urea groups is 1. The van der Waals surface area contributed by atoms with Gasteiger partial charge in [0.2, 0.25) is 5.91 Å². The van der Waals surface area contributed by atoms with Crippen LogP contribution in [-0.2, 0) is 9.59 Å². The molecule has 0 aromatic heterocycles. The van der Waals surface area contributed by atoms with E-state index in [0.717, 1.165) is 6.42 Å². The van der Waals surface area contributed by atoms with Gasteiger partial charge in [-0.1, -0.05) is 13.3 Å². The highest BCUT2D eigenvalue weighted by Crippen LogP contribution is 2.04. The second kappa shape index (κ2) is 9.26. The molecule has 0 aliphatic heterocycles. The first-order valence-corrected chi connectivity index (χ1v) is 6.00. The molecule has 0 heterocycles. The zero-order valence-corrected chi connectivity index (χ0v) is 10.6. The molecule has 0 aliphatic carbocycles. The Kier molecular flexibility index (Phi) is 8.34. The Labute approximate surface area is 106 Å². The maximum atomic E-state index is 11.3. The van der Waals surface area contributed by atoms with Crippen molar-refractivity contribution in [2.75, 3.05) is 13.1 Å². The number of carbonyl (C=O) groups is 3. The summed E-state index contributed by atoms with van der Waals surface area (Å²) in [5, 5.41) is 13.9. The number of nitrogens with two attached hydrogens (primary N) is 1. The van der Waals surface area contributed by atoms with Gasteiger partial charge < -0.3 is 21.5 Å². The average molecular weight is 259 g/mol. The standard InChI is InChI=1S/C11H21N3O4/c1-2-4-8(10(16)17)7-14-11(18)13-6-3-5-9(12)15/h8H,2-7H2,1H3,(H2,12,15)(H,16,17)(H2,13,14,18). The summed E-state index contributed by atoms with van der Waals surface area (Å²) in [4.78, 5) is 32.5. The molecule has 3 amide bonds. The lowest BCUT2D eigenvalue weighted by Crippen LogP contribution is -2.40. The fourth-order valence-corrected chi connectivity index (χ4v) is 1.40. The van der Waals surface area contributed by atoms with Crippen LogP contribution >= 0.6 is 0 Å². The predicted octanol–water partition coefficient (Wildman–Crippen LogP) is 0.0520. The molecule has 0 aromatic rings. The third kappa shape index (κ3) is 8.37. The summed E-state index contributed by atoms with van der Waals surface area (Å²) < 4.78 is 0. The van der Waals surface area contributed by atoms with Crippen LogP contribution < -0.4 is 16.4 Å². The number of carboxylic acids is 1. The van der Waals surface area contributed by atoms with E-state index in [1.54, 1.807) is 0 Å². The van der Waals surface area contributed by atoms with Crippen molar-refractivity contribution in [3.63, 3.8) is 0 Å². The van der Waals surface area contributed by atoms with E-state index in [-0.39, 0.29) is 13.0 Å². The van der Waals surface area contributed by atoms with Crippen molar-refractivity contribution in [1.82, 2.24) is 10.6 Å². The summed E-state index contributed by atoms with van der Waals surface area (Å²) in [5.41, 5.74) is 4.94. The molecule has 0 aromatic carbocycles. The van der Waals surface area contributed by atoms with Crippen LogP contribution in [0.4, 0.5) is 4.79 Å². The smallest absolute Gasteiger partial charge is 0.314 e. The Bertz CT molecular complexity index is 294. The number of hydrogen-bond donors (Lipinski definition) is 4. The fourth-order valence-electron chi connectivity index (χ4n) is 1.40. The normalized spacial score (nSPS) is 11.6. The van der Waals surface area contributed by atoms with Gasteiger partial charge in [-0.15, -0.1) is 0 Å². The number of nitrogens with one attached hydrogen (secondary N) is 2. The van der Waals surface area contributed by atoms with E-state index in [1.165, 1.54) is 0 Å². The van der Waals surface area contributed by atoms with Crippen LogP contribution in [0.2, 0.25) is 0 Å². The number of hydrogen-bond acceptors (Lipinski definition) is 3. The second-order valence-electron chi connectivity index (χ2n) is 4.03. The Hall–Kier alpha value is -1.79. The topological polar surface area (TPSA) is 122 Å². The van der Waals surface area contributed by atoms with Gasteiger partial charge in [0.05, 0.1) is 5.92 Å². The first-order chi connectivity index (χ1) is 8.47. The highest BCUT2D eigenvalue weighted by Gasteiger charge is 2.16. The summed E-state index contributed by atoms with van der Waals surface area (Å²) in [5.74, 6) is -1.89. The van der Waals surface area contributed by atoms with Crippen molar-refractivity contribution in [2.24, 2.45) is 11.7 Å². The Morgan fingerprint density at radius 2 is 1.94 bits per heavy atom. The second-order valence-corrected chi connectivity index (χ2v) is 4.03. The number of carbonyl (C=O) groups excluding carboxylic acids is 2. The molecule has 0 rings (SSSR count). The fraction of sp³-hybridized carbons (Fsp3) is 0.727. The van der Waals surface area contributed by atoms with Gasteiger partial charge in [0, 0.05) is 19.5 Å². The molecular formula is C11H21N3O4. The maximum absolute atomic E-state index is 11.3. The van der Waals surface area contributed by atoms with Gasteiger partial charge in [0.1, 0.15) is 0 Å². The minimum atomic E-state index is -0.911. The molecule has 0 bridgehead atoms. The SMILES string of the molecule is CCCC(CNC(=O)NCCCC(N)=O)C(=O)O. The van der Waals surface area contributed by atoms with Crippen LogP contribution in [0.1, 0.15) is 32.6 Å². The molecule has 5 N–H and O–H groups in total. The van der Waals surface area contributed by atoms with Crippen molar-refractivity contribution in [3.8, 4) is 0 Å². The molecule has 1 unspecified atom stereocenters. The number of aliphatic carboxylic acids is 1. The minimum absolute atomic E-state index is 0.102. The summed E-state index contributed by atoms with van der Waals surface area (Å²) in [6.45, 7) is 2.32. The van der Waals surface area contributed by atoms with E-state index in [4.69, 9.17) is 10.8 Å². The van der Waals surface area contributed by atoms with Crippen molar-refractivity contribution in [3.05, 3.63) is 0 Å². The van der Waals surface area contributed by atoms with Crippen LogP contribution in [0.3, 0.4) is 0 Å². The molecule has 7 heteroatoms. The van der Waals surface area contributed by atoms with Crippen molar-refractivity contribution >= 4 is 17.9 Å². The molecule has 104 valence electrons. The Balaban J connectivity index is 3.73. The van der Waals surface area contributed by atoms with E-state index >= 15 is 0 Å². The van der Waals surface area contributed by atoms with Crippen LogP contribution in [0.15, 0.2) is 0 Å². The average Bonchev–Trinajstić information content (AvgIpc) is 2.29. The quantitative estimate of drug-likeness (QED) is 0.437. The van der Waals surface area contributed by atoms with Gasteiger partial charge in [-0.05, 0) is 12.8 Å².